The highest BCUT2D eigenvalue weighted by Crippen LogP contribution is 2.32. The number of carbonyl (C=O) groups is 1. The fourth-order valence-electron chi connectivity index (χ4n) is 4.63. The fraction of sp³-hybridized carbons (Fsp3) is 0.423. The van der Waals surface area contributed by atoms with E-state index in [4.69, 9.17) is 14.7 Å². The first-order valence-electron chi connectivity index (χ1n) is 11.4. The van der Waals surface area contributed by atoms with Crippen molar-refractivity contribution in [3.63, 3.8) is 0 Å². The second-order valence-electron chi connectivity index (χ2n) is 8.55. The molecule has 0 unspecified atom stereocenters. The summed E-state index contributed by atoms with van der Waals surface area (Å²) in [5.74, 6) is 0.399. The molecule has 32 heavy (non-hydrogen) atoms. The van der Waals surface area contributed by atoms with Gasteiger partial charge in [-0.1, -0.05) is 48.5 Å². The Morgan fingerprint density at radius 2 is 2.06 bits per heavy atom. The number of rotatable bonds is 9. The van der Waals surface area contributed by atoms with E-state index in [1.807, 2.05) is 30.5 Å². The Kier molecular flexibility index (Phi) is 7.54. The number of carboxylic acid groups (broad SMARTS) is 1. The van der Waals surface area contributed by atoms with Crippen LogP contribution >= 0.6 is 0 Å². The molecule has 6 heteroatoms. The van der Waals surface area contributed by atoms with Gasteiger partial charge in [0, 0.05) is 18.0 Å². The number of oxime groups is 1. The Morgan fingerprint density at radius 3 is 2.84 bits per heavy atom. The van der Waals surface area contributed by atoms with Crippen LogP contribution in [0.25, 0.3) is 0 Å². The number of hydrogen-bond acceptors (Lipinski definition) is 5. The van der Waals surface area contributed by atoms with Crippen LogP contribution in [0, 0.1) is 5.92 Å². The van der Waals surface area contributed by atoms with Crippen molar-refractivity contribution in [3.8, 4) is 5.75 Å². The highest BCUT2D eigenvalue weighted by atomic mass is 16.6. The molecule has 0 bridgehead atoms. The predicted molar refractivity (Wildman–Crippen MR) is 123 cm³/mol. The van der Waals surface area contributed by atoms with Gasteiger partial charge in [-0.25, -0.2) is 4.79 Å². The summed E-state index contributed by atoms with van der Waals surface area (Å²) in [6, 6.07) is 9.83. The average molecular weight is 435 g/mol. The number of aliphatic carboxylic acids is 1. The van der Waals surface area contributed by atoms with Gasteiger partial charge < -0.3 is 14.7 Å². The lowest BCUT2D eigenvalue weighted by atomic mass is 9.87. The van der Waals surface area contributed by atoms with Crippen molar-refractivity contribution < 1.29 is 19.5 Å². The van der Waals surface area contributed by atoms with Crippen molar-refractivity contribution >= 4 is 11.7 Å². The van der Waals surface area contributed by atoms with Crippen molar-refractivity contribution in [2.45, 2.75) is 51.4 Å². The molecule has 1 heterocycles. The maximum Gasteiger partial charge on any atom is 0.341 e. The van der Waals surface area contributed by atoms with E-state index in [0.29, 0.717) is 18.3 Å². The van der Waals surface area contributed by atoms with Gasteiger partial charge in [0.2, 0.25) is 0 Å². The van der Waals surface area contributed by atoms with E-state index < -0.39 is 5.97 Å². The minimum atomic E-state index is -0.963. The van der Waals surface area contributed by atoms with Crippen molar-refractivity contribution in [1.82, 2.24) is 4.98 Å². The highest BCUT2D eigenvalue weighted by Gasteiger charge is 2.19. The molecule has 2 aromatic rings. The SMILES string of the molecule is O=C(O)COc1cccc2c1CCC(=CCON=C(CC1CCCC1)c1cccnc1)C2. The van der Waals surface area contributed by atoms with Crippen LogP contribution in [0.3, 0.4) is 0 Å². The number of carboxylic acids is 1. The van der Waals surface area contributed by atoms with Crippen molar-refractivity contribution in [2.24, 2.45) is 11.1 Å². The Balaban J connectivity index is 1.37. The summed E-state index contributed by atoms with van der Waals surface area (Å²) in [7, 11) is 0. The van der Waals surface area contributed by atoms with Gasteiger partial charge in [0.15, 0.2) is 6.61 Å². The largest absolute Gasteiger partial charge is 0.482 e. The quantitative estimate of drug-likeness (QED) is 0.261. The summed E-state index contributed by atoms with van der Waals surface area (Å²) in [5.41, 5.74) is 5.62. The lowest BCUT2D eigenvalue weighted by Crippen LogP contribution is -2.13. The van der Waals surface area contributed by atoms with Crippen molar-refractivity contribution in [2.75, 3.05) is 13.2 Å². The highest BCUT2D eigenvalue weighted by molar-refractivity contribution is 6.00. The van der Waals surface area contributed by atoms with Gasteiger partial charge in [0.25, 0.3) is 0 Å². The minimum Gasteiger partial charge on any atom is -0.482 e. The normalized spacial score (nSPS) is 17.9. The predicted octanol–water partition coefficient (Wildman–Crippen LogP) is 4.96. The van der Waals surface area contributed by atoms with E-state index in [-0.39, 0.29) is 6.61 Å². The summed E-state index contributed by atoms with van der Waals surface area (Å²) in [4.78, 5) is 20.8. The molecule has 0 radical (unpaired) electrons. The minimum absolute atomic E-state index is 0.314. The summed E-state index contributed by atoms with van der Waals surface area (Å²) < 4.78 is 5.46. The fourth-order valence-corrected chi connectivity index (χ4v) is 4.63. The van der Waals surface area contributed by atoms with E-state index in [1.165, 1.54) is 36.8 Å². The number of hydrogen-bond donors (Lipinski definition) is 1. The first-order valence-corrected chi connectivity index (χ1v) is 11.4. The number of pyridine rings is 1. The molecule has 4 rings (SSSR count). The van der Waals surface area contributed by atoms with Gasteiger partial charge in [-0.05, 0) is 67.0 Å². The zero-order valence-corrected chi connectivity index (χ0v) is 18.3. The smallest absolute Gasteiger partial charge is 0.341 e. The molecule has 0 amide bonds. The Morgan fingerprint density at radius 1 is 1.19 bits per heavy atom. The molecule has 1 aromatic heterocycles. The number of allylic oxidation sites excluding steroid dienone is 1. The monoisotopic (exact) mass is 434 g/mol. The maximum absolute atomic E-state index is 10.8. The van der Waals surface area contributed by atoms with Crippen LogP contribution in [0.2, 0.25) is 0 Å². The number of ether oxygens (including phenoxy) is 1. The number of aromatic nitrogens is 1. The zero-order chi connectivity index (χ0) is 22.2. The number of fused-ring (bicyclic) bond motifs is 1. The molecule has 1 aromatic carbocycles. The van der Waals surface area contributed by atoms with Crippen LogP contribution < -0.4 is 4.74 Å². The lowest BCUT2D eigenvalue weighted by molar-refractivity contribution is -0.139. The molecule has 2 aliphatic rings. The summed E-state index contributed by atoms with van der Waals surface area (Å²) in [6.45, 7) is 0.124. The Hall–Kier alpha value is -3.15. The van der Waals surface area contributed by atoms with Gasteiger partial charge in [-0.2, -0.15) is 0 Å². The Labute approximate surface area is 189 Å². The molecule has 2 aliphatic carbocycles. The van der Waals surface area contributed by atoms with Gasteiger partial charge in [0.05, 0.1) is 5.71 Å². The van der Waals surface area contributed by atoms with E-state index >= 15 is 0 Å². The van der Waals surface area contributed by atoms with Gasteiger partial charge in [-0.15, -0.1) is 0 Å². The summed E-state index contributed by atoms with van der Waals surface area (Å²) in [5, 5.41) is 13.4. The molecule has 0 atom stereocenters. The van der Waals surface area contributed by atoms with E-state index in [1.54, 1.807) is 6.20 Å². The standard InChI is InChI=1S/C26H30N2O4/c29-26(30)18-31-25-9-3-7-21-15-20(10-11-23(21)25)12-14-32-28-24(16-19-5-1-2-6-19)22-8-4-13-27-17-22/h3-4,7-9,12-13,17,19H,1-2,5-6,10-11,14-16,18H2,(H,29,30). The molecule has 6 nitrogen and oxygen atoms in total. The lowest BCUT2D eigenvalue weighted by Gasteiger charge is -2.21. The zero-order valence-electron chi connectivity index (χ0n) is 18.3. The van der Waals surface area contributed by atoms with Crippen molar-refractivity contribution in [1.29, 1.82) is 0 Å². The van der Waals surface area contributed by atoms with Gasteiger partial charge in [0.1, 0.15) is 12.4 Å². The van der Waals surface area contributed by atoms with E-state index in [9.17, 15) is 4.79 Å². The molecule has 0 spiro atoms. The third-order valence-electron chi connectivity index (χ3n) is 6.27. The van der Waals surface area contributed by atoms with Gasteiger partial charge in [-0.3, -0.25) is 4.98 Å². The molecule has 168 valence electrons. The molecule has 0 saturated heterocycles. The summed E-state index contributed by atoms with van der Waals surface area (Å²) >= 11 is 0. The van der Waals surface area contributed by atoms with Crippen LogP contribution in [-0.2, 0) is 22.5 Å². The van der Waals surface area contributed by atoms with Crippen LogP contribution in [-0.4, -0.2) is 35.0 Å². The number of nitrogens with zero attached hydrogens (tertiary/aromatic N) is 2. The molecular weight excluding hydrogens is 404 g/mol. The second kappa shape index (κ2) is 10.9. The Bertz CT molecular complexity index is 979. The van der Waals surface area contributed by atoms with Crippen LogP contribution in [0.15, 0.2) is 59.5 Å². The number of benzene rings is 1. The topological polar surface area (TPSA) is 81.0 Å². The second-order valence-corrected chi connectivity index (χ2v) is 8.55. The molecular formula is C26H30N2O4. The summed E-state index contributed by atoms with van der Waals surface area (Å²) in [6.07, 6.45) is 14.4. The van der Waals surface area contributed by atoms with Crippen LogP contribution in [0.4, 0.5) is 0 Å². The first kappa shape index (κ1) is 22.1. The van der Waals surface area contributed by atoms with Gasteiger partial charge >= 0.3 is 5.97 Å². The van der Waals surface area contributed by atoms with E-state index in [0.717, 1.165) is 42.5 Å². The van der Waals surface area contributed by atoms with Crippen LogP contribution in [0.5, 0.6) is 5.75 Å². The molecule has 1 saturated carbocycles. The van der Waals surface area contributed by atoms with E-state index in [2.05, 4.69) is 22.3 Å². The molecule has 1 fully saturated rings. The first-order chi connectivity index (χ1) is 15.7. The third kappa shape index (κ3) is 5.96. The maximum atomic E-state index is 10.8. The third-order valence-corrected chi connectivity index (χ3v) is 6.27. The average Bonchev–Trinajstić information content (AvgIpc) is 3.33. The van der Waals surface area contributed by atoms with Crippen LogP contribution in [0.1, 0.15) is 55.2 Å². The molecule has 1 N–H and O–H groups in total. The van der Waals surface area contributed by atoms with Crippen molar-refractivity contribution in [3.05, 3.63) is 71.1 Å². The molecule has 0 aliphatic heterocycles.